The molecule has 0 aliphatic rings. The van der Waals surface area contributed by atoms with Crippen molar-refractivity contribution >= 4 is 28.9 Å². The molecule has 3 heteroatoms. The number of benzene rings is 1. The number of aryl methyl sites for hydroxylation is 1. The highest BCUT2D eigenvalue weighted by Gasteiger charge is 2.00. The Morgan fingerprint density at radius 2 is 2.15 bits per heavy atom. The zero-order valence-corrected chi connectivity index (χ0v) is 8.71. The molecule has 0 unspecified atom stereocenters. The van der Waals surface area contributed by atoms with Gasteiger partial charge in [0.2, 0.25) is 0 Å². The van der Waals surface area contributed by atoms with Crippen molar-refractivity contribution in [2.75, 3.05) is 11.6 Å². The maximum atomic E-state index is 5.91. The number of hydrogen-bond acceptors (Lipinski definition) is 1. The SMILES string of the molecule is Cc1cc(C#CCCl)c(Cl)cc1N. The minimum absolute atomic E-state index is 0.305. The van der Waals surface area contributed by atoms with E-state index in [4.69, 9.17) is 28.9 Å². The van der Waals surface area contributed by atoms with Crippen LogP contribution in [-0.4, -0.2) is 5.88 Å². The summed E-state index contributed by atoms with van der Waals surface area (Å²) in [5.74, 6) is 5.91. The van der Waals surface area contributed by atoms with Gasteiger partial charge in [0.15, 0.2) is 0 Å². The first kappa shape index (κ1) is 10.2. The molecule has 1 nitrogen and oxygen atoms in total. The van der Waals surface area contributed by atoms with Gasteiger partial charge in [-0.3, -0.25) is 0 Å². The Balaban J connectivity index is 3.16. The molecule has 0 aliphatic carbocycles. The Kier molecular flexibility index (Phi) is 3.48. The van der Waals surface area contributed by atoms with E-state index in [2.05, 4.69) is 11.8 Å². The van der Waals surface area contributed by atoms with E-state index in [0.717, 1.165) is 11.1 Å². The normalized spacial score (nSPS) is 9.15. The summed E-state index contributed by atoms with van der Waals surface area (Å²) >= 11 is 11.3. The third-order valence-electron chi connectivity index (χ3n) is 1.65. The van der Waals surface area contributed by atoms with Gasteiger partial charge in [0.25, 0.3) is 0 Å². The van der Waals surface area contributed by atoms with Crippen LogP contribution in [0.5, 0.6) is 0 Å². The number of hydrogen-bond donors (Lipinski definition) is 1. The van der Waals surface area contributed by atoms with Gasteiger partial charge in [-0.15, -0.1) is 11.6 Å². The van der Waals surface area contributed by atoms with Gasteiger partial charge in [-0.05, 0) is 24.6 Å². The third kappa shape index (κ3) is 2.55. The smallest absolute Gasteiger partial charge is 0.0839 e. The predicted octanol–water partition coefficient (Wildman–Crippen LogP) is 2.82. The second-order valence-corrected chi connectivity index (χ2v) is 3.30. The van der Waals surface area contributed by atoms with Crippen molar-refractivity contribution in [2.45, 2.75) is 6.92 Å². The van der Waals surface area contributed by atoms with Gasteiger partial charge >= 0.3 is 0 Å². The van der Waals surface area contributed by atoms with E-state index in [1.807, 2.05) is 13.0 Å². The van der Waals surface area contributed by atoms with Gasteiger partial charge in [0, 0.05) is 11.3 Å². The van der Waals surface area contributed by atoms with E-state index in [1.165, 1.54) is 0 Å². The van der Waals surface area contributed by atoms with Crippen LogP contribution in [0.4, 0.5) is 5.69 Å². The lowest BCUT2D eigenvalue weighted by Gasteiger charge is -2.02. The van der Waals surface area contributed by atoms with E-state index in [0.29, 0.717) is 16.6 Å². The van der Waals surface area contributed by atoms with Gasteiger partial charge in [-0.1, -0.05) is 23.4 Å². The molecule has 1 rings (SSSR count). The van der Waals surface area contributed by atoms with Crippen molar-refractivity contribution < 1.29 is 0 Å². The fourth-order valence-corrected chi connectivity index (χ4v) is 1.21. The molecule has 0 bridgehead atoms. The van der Waals surface area contributed by atoms with Crippen LogP contribution in [-0.2, 0) is 0 Å². The minimum atomic E-state index is 0.305. The van der Waals surface area contributed by atoms with Crippen molar-refractivity contribution in [3.8, 4) is 11.8 Å². The molecule has 1 aromatic rings. The van der Waals surface area contributed by atoms with E-state index >= 15 is 0 Å². The number of nitrogens with two attached hydrogens (primary N) is 1. The lowest BCUT2D eigenvalue weighted by Crippen LogP contribution is -1.91. The van der Waals surface area contributed by atoms with Crippen LogP contribution in [0.15, 0.2) is 12.1 Å². The highest BCUT2D eigenvalue weighted by Crippen LogP contribution is 2.21. The second kappa shape index (κ2) is 4.41. The summed E-state index contributed by atoms with van der Waals surface area (Å²) < 4.78 is 0. The molecule has 0 heterocycles. The zero-order valence-electron chi connectivity index (χ0n) is 7.20. The highest BCUT2D eigenvalue weighted by molar-refractivity contribution is 6.32. The second-order valence-electron chi connectivity index (χ2n) is 2.62. The van der Waals surface area contributed by atoms with Crippen LogP contribution in [0.2, 0.25) is 5.02 Å². The molecule has 1 aromatic carbocycles. The Hall–Kier alpha value is -0.840. The van der Waals surface area contributed by atoms with Crippen LogP contribution < -0.4 is 5.73 Å². The molecule has 13 heavy (non-hydrogen) atoms. The summed E-state index contributed by atoms with van der Waals surface area (Å²) in [5, 5.41) is 0.570. The molecule has 0 aliphatic heterocycles. The fourth-order valence-electron chi connectivity index (χ4n) is 0.921. The molecule has 0 saturated carbocycles. The average molecular weight is 214 g/mol. The minimum Gasteiger partial charge on any atom is -0.398 e. The standard InChI is InChI=1S/C10H9Cl2N/c1-7-5-8(3-2-4-11)9(12)6-10(7)13/h5-6H,4,13H2,1H3. The summed E-state index contributed by atoms with van der Waals surface area (Å²) in [6.45, 7) is 1.91. The van der Waals surface area contributed by atoms with Gasteiger partial charge in [0.1, 0.15) is 0 Å². The number of nitrogen functional groups attached to an aromatic ring is 1. The summed E-state index contributed by atoms with van der Waals surface area (Å²) in [4.78, 5) is 0. The molecule has 0 atom stereocenters. The van der Waals surface area contributed by atoms with E-state index < -0.39 is 0 Å². The van der Waals surface area contributed by atoms with Crippen molar-refractivity contribution in [1.29, 1.82) is 0 Å². The predicted molar refractivity (Wildman–Crippen MR) is 58.2 cm³/mol. The van der Waals surface area contributed by atoms with Crippen molar-refractivity contribution in [1.82, 2.24) is 0 Å². The molecule has 0 amide bonds. The Bertz CT molecular complexity index is 374. The maximum Gasteiger partial charge on any atom is 0.0839 e. The molecule has 0 aromatic heterocycles. The molecule has 0 fully saturated rings. The molecular weight excluding hydrogens is 205 g/mol. The number of alkyl halides is 1. The summed E-state index contributed by atoms with van der Waals surface area (Å²) in [6, 6.07) is 3.56. The molecule has 0 radical (unpaired) electrons. The number of anilines is 1. The zero-order chi connectivity index (χ0) is 9.84. The van der Waals surface area contributed by atoms with Gasteiger partial charge < -0.3 is 5.73 Å². The lowest BCUT2D eigenvalue weighted by atomic mass is 10.1. The third-order valence-corrected chi connectivity index (χ3v) is 2.09. The summed E-state index contributed by atoms with van der Waals surface area (Å²) in [7, 11) is 0. The van der Waals surface area contributed by atoms with Crippen LogP contribution in [0, 0.1) is 18.8 Å². The van der Waals surface area contributed by atoms with Gasteiger partial charge in [0.05, 0.1) is 10.9 Å². The largest absolute Gasteiger partial charge is 0.398 e. The van der Waals surface area contributed by atoms with Crippen LogP contribution in [0.25, 0.3) is 0 Å². The first-order valence-electron chi connectivity index (χ1n) is 3.75. The van der Waals surface area contributed by atoms with Crippen LogP contribution >= 0.6 is 23.2 Å². The first-order valence-corrected chi connectivity index (χ1v) is 4.67. The molecule has 2 N–H and O–H groups in total. The topological polar surface area (TPSA) is 26.0 Å². The Morgan fingerprint density at radius 3 is 2.77 bits per heavy atom. The molecule has 0 spiro atoms. The molecule has 0 saturated heterocycles. The van der Waals surface area contributed by atoms with E-state index in [9.17, 15) is 0 Å². The quantitative estimate of drug-likeness (QED) is 0.401. The Morgan fingerprint density at radius 1 is 1.46 bits per heavy atom. The van der Waals surface area contributed by atoms with Crippen molar-refractivity contribution in [2.24, 2.45) is 0 Å². The van der Waals surface area contributed by atoms with Gasteiger partial charge in [-0.25, -0.2) is 0 Å². The van der Waals surface area contributed by atoms with E-state index in [1.54, 1.807) is 6.07 Å². The molecular formula is C10H9Cl2N. The van der Waals surface area contributed by atoms with Crippen molar-refractivity contribution in [3.63, 3.8) is 0 Å². The summed E-state index contributed by atoms with van der Waals surface area (Å²) in [5.41, 5.74) is 8.09. The van der Waals surface area contributed by atoms with Crippen LogP contribution in [0.3, 0.4) is 0 Å². The monoisotopic (exact) mass is 213 g/mol. The number of rotatable bonds is 0. The average Bonchev–Trinajstić information content (AvgIpc) is 2.09. The van der Waals surface area contributed by atoms with Gasteiger partial charge in [-0.2, -0.15) is 0 Å². The number of halogens is 2. The lowest BCUT2D eigenvalue weighted by molar-refractivity contribution is 1.45. The van der Waals surface area contributed by atoms with E-state index in [-0.39, 0.29) is 0 Å². The highest BCUT2D eigenvalue weighted by atomic mass is 35.5. The van der Waals surface area contributed by atoms with Crippen molar-refractivity contribution in [3.05, 3.63) is 28.3 Å². The molecule has 68 valence electrons. The maximum absolute atomic E-state index is 5.91. The van der Waals surface area contributed by atoms with Crippen LogP contribution in [0.1, 0.15) is 11.1 Å². The first-order chi connectivity index (χ1) is 6.15. The fraction of sp³-hybridized carbons (Fsp3) is 0.200. The Labute approximate surface area is 87.8 Å². The summed E-state index contributed by atoms with van der Waals surface area (Å²) in [6.07, 6.45) is 0.